The Bertz CT molecular complexity index is 1280. The minimum Gasteiger partial charge on any atom is -0.494 e. The standard InChI is InChI=1S/C27H31N7O/c1-32-13-15-34(16-14-32)22-9-10-23(25(18-22)35-3)30-26-17-21(11-12-28-26)29-27-19-24(31-33(27)2)20-7-5-4-6-8-20/h4-12,17-19H,13-16H2,1-3H3,(H2,28,29,30). The number of hydrogen-bond acceptors (Lipinski definition) is 7. The van der Waals surface area contributed by atoms with Gasteiger partial charge in [0.2, 0.25) is 0 Å². The van der Waals surface area contributed by atoms with Crippen molar-refractivity contribution in [1.82, 2.24) is 19.7 Å². The SMILES string of the molecule is COc1cc(N2CCN(C)CC2)ccc1Nc1cc(Nc2cc(-c3ccccc3)nn2C)ccn1. The van der Waals surface area contributed by atoms with Gasteiger partial charge in [-0.2, -0.15) is 5.10 Å². The van der Waals surface area contributed by atoms with Gasteiger partial charge in [-0.15, -0.1) is 0 Å². The Kier molecular flexibility index (Phi) is 6.54. The van der Waals surface area contributed by atoms with Crippen molar-refractivity contribution >= 4 is 28.7 Å². The number of rotatable bonds is 7. The Balaban J connectivity index is 1.31. The van der Waals surface area contributed by atoms with Crippen LogP contribution in [0, 0.1) is 0 Å². The maximum atomic E-state index is 5.70. The summed E-state index contributed by atoms with van der Waals surface area (Å²) in [4.78, 5) is 9.25. The summed E-state index contributed by atoms with van der Waals surface area (Å²) < 4.78 is 7.55. The number of piperazine rings is 1. The van der Waals surface area contributed by atoms with Crippen molar-refractivity contribution in [2.24, 2.45) is 7.05 Å². The highest BCUT2D eigenvalue weighted by atomic mass is 16.5. The summed E-state index contributed by atoms with van der Waals surface area (Å²) in [7, 11) is 5.80. The molecule has 5 rings (SSSR count). The number of nitrogens with zero attached hydrogens (tertiary/aromatic N) is 5. The Labute approximate surface area is 206 Å². The fourth-order valence-electron chi connectivity index (χ4n) is 4.24. The molecule has 0 radical (unpaired) electrons. The molecule has 35 heavy (non-hydrogen) atoms. The van der Waals surface area contributed by atoms with Crippen LogP contribution < -0.4 is 20.3 Å². The summed E-state index contributed by atoms with van der Waals surface area (Å²) in [5.41, 5.74) is 4.97. The largest absolute Gasteiger partial charge is 0.494 e. The van der Waals surface area contributed by atoms with Crippen LogP contribution in [0.1, 0.15) is 0 Å². The van der Waals surface area contributed by atoms with E-state index in [0.29, 0.717) is 0 Å². The van der Waals surface area contributed by atoms with Crippen LogP contribution in [0.3, 0.4) is 0 Å². The number of likely N-dealkylation sites (N-methyl/N-ethyl adjacent to an activating group) is 1. The van der Waals surface area contributed by atoms with Crippen molar-refractivity contribution < 1.29 is 4.74 Å². The summed E-state index contributed by atoms with van der Waals surface area (Å²) in [6, 6.07) is 22.4. The average molecular weight is 470 g/mol. The predicted molar refractivity (Wildman–Crippen MR) is 142 cm³/mol. The van der Waals surface area contributed by atoms with Gasteiger partial charge in [0.1, 0.15) is 17.4 Å². The molecule has 0 amide bonds. The average Bonchev–Trinajstić information content (AvgIpc) is 3.25. The van der Waals surface area contributed by atoms with E-state index in [1.54, 1.807) is 13.3 Å². The topological polar surface area (TPSA) is 70.5 Å². The normalized spacial score (nSPS) is 14.1. The molecular weight excluding hydrogens is 438 g/mol. The van der Waals surface area contributed by atoms with Crippen LogP contribution in [0.5, 0.6) is 5.75 Å². The smallest absolute Gasteiger partial charge is 0.144 e. The van der Waals surface area contributed by atoms with Crippen LogP contribution in [0.4, 0.5) is 28.7 Å². The molecule has 0 atom stereocenters. The first kappa shape index (κ1) is 22.7. The van der Waals surface area contributed by atoms with Gasteiger partial charge in [-0.25, -0.2) is 4.98 Å². The van der Waals surface area contributed by atoms with Gasteiger partial charge >= 0.3 is 0 Å². The Morgan fingerprint density at radius 1 is 0.857 bits per heavy atom. The molecule has 8 nitrogen and oxygen atoms in total. The third-order valence-corrected chi connectivity index (χ3v) is 6.30. The Morgan fingerprint density at radius 3 is 2.43 bits per heavy atom. The second-order valence-electron chi connectivity index (χ2n) is 8.76. The molecule has 0 bridgehead atoms. The number of pyridine rings is 1. The van der Waals surface area contributed by atoms with Crippen molar-refractivity contribution in [2.75, 3.05) is 55.9 Å². The summed E-state index contributed by atoms with van der Waals surface area (Å²) in [5.74, 6) is 2.42. The lowest BCUT2D eigenvalue weighted by Gasteiger charge is -2.34. The number of anilines is 5. The molecule has 180 valence electrons. The molecule has 1 fully saturated rings. The number of nitrogens with one attached hydrogen (secondary N) is 2. The van der Waals surface area contributed by atoms with E-state index in [2.05, 4.69) is 67.9 Å². The molecular formula is C27H31N7O. The molecule has 2 aromatic carbocycles. The fourth-order valence-corrected chi connectivity index (χ4v) is 4.24. The van der Waals surface area contributed by atoms with Crippen LogP contribution in [0.2, 0.25) is 0 Å². The third-order valence-electron chi connectivity index (χ3n) is 6.30. The number of hydrogen-bond donors (Lipinski definition) is 2. The number of methoxy groups -OCH3 is 1. The zero-order valence-electron chi connectivity index (χ0n) is 20.4. The molecule has 1 saturated heterocycles. The highest BCUT2D eigenvalue weighted by Crippen LogP contribution is 2.33. The summed E-state index contributed by atoms with van der Waals surface area (Å²) in [6.07, 6.45) is 1.78. The highest BCUT2D eigenvalue weighted by Gasteiger charge is 2.16. The van der Waals surface area contributed by atoms with Crippen LogP contribution in [-0.2, 0) is 7.05 Å². The maximum absolute atomic E-state index is 5.70. The van der Waals surface area contributed by atoms with Crippen LogP contribution in [0.15, 0.2) is 72.9 Å². The Morgan fingerprint density at radius 2 is 1.66 bits per heavy atom. The van der Waals surface area contributed by atoms with Crippen LogP contribution in [-0.4, -0.2) is 60.0 Å². The van der Waals surface area contributed by atoms with Gasteiger partial charge in [0.25, 0.3) is 0 Å². The highest BCUT2D eigenvalue weighted by molar-refractivity contribution is 5.72. The Hall–Kier alpha value is -4.04. The molecule has 2 aromatic heterocycles. The molecule has 0 unspecified atom stereocenters. The first-order valence-electron chi connectivity index (χ1n) is 11.8. The minimum absolute atomic E-state index is 0.728. The van der Waals surface area contributed by atoms with Crippen LogP contribution in [0.25, 0.3) is 11.3 Å². The van der Waals surface area contributed by atoms with E-state index < -0.39 is 0 Å². The van der Waals surface area contributed by atoms with Crippen molar-refractivity contribution in [3.05, 3.63) is 72.9 Å². The maximum Gasteiger partial charge on any atom is 0.144 e. The van der Waals surface area contributed by atoms with Gasteiger partial charge < -0.3 is 25.2 Å². The van der Waals surface area contributed by atoms with Gasteiger partial charge in [-0.3, -0.25) is 4.68 Å². The van der Waals surface area contributed by atoms with E-state index in [4.69, 9.17) is 4.74 Å². The molecule has 0 saturated carbocycles. The molecule has 1 aliphatic heterocycles. The molecule has 4 aromatic rings. The molecule has 3 heterocycles. The zero-order valence-corrected chi connectivity index (χ0v) is 20.4. The van der Waals surface area contributed by atoms with E-state index in [1.165, 1.54) is 5.69 Å². The second kappa shape index (κ2) is 10.1. The first-order chi connectivity index (χ1) is 17.1. The fraction of sp³-hybridized carbons (Fsp3) is 0.259. The van der Waals surface area contributed by atoms with Gasteiger partial charge in [0.05, 0.1) is 18.5 Å². The van der Waals surface area contributed by atoms with E-state index in [9.17, 15) is 0 Å². The van der Waals surface area contributed by atoms with Crippen molar-refractivity contribution in [1.29, 1.82) is 0 Å². The third kappa shape index (κ3) is 5.22. The van der Waals surface area contributed by atoms with Gasteiger partial charge in [0, 0.05) is 74.6 Å². The van der Waals surface area contributed by atoms with Gasteiger partial charge in [-0.1, -0.05) is 30.3 Å². The minimum atomic E-state index is 0.728. The van der Waals surface area contributed by atoms with Crippen LogP contribution >= 0.6 is 0 Å². The van der Waals surface area contributed by atoms with E-state index in [0.717, 1.165) is 66.2 Å². The van der Waals surface area contributed by atoms with Crippen molar-refractivity contribution in [2.45, 2.75) is 0 Å². The zero-order chi connectivity index (χ0) is 24.2. The molecule has 0 spiro atoms. The number of aryl methyl sites for hydroxylation is 1. The second-order valence-corrected chi connectivity index (χ2v) is 8.76. The molecule has 8 heteroatoms. The molecule has 0 aliphatic carbocycles. The molecule has 2 N–H and O–H groups in total. The lowest BCUT2D eigenvalue weighted by atomic mass is 10.1. The predicted octanol–water partition coefficient (Wildman–Crippen LogP) is 4.73. The number of aromatic nitrogens is 3. The van der Waals surface area contributed by atoms with Gasteiger partial charge in [0.15, 0.2) is 0 Å². The number of benzene rings is 2. The van der Waals surface area contributed by atoms with E-state index in [-0.39, 0.29) is 0 Å². The summed E-state index contributed by atoms with van der Waals surface area (Å²) >= 11 is 0. The van der Waals surface area contributed by atoms with E-state index in [1.807, 2.05) is 48.1 Å². The summed E-state index contributed by atoms with van der Waals surface area (Å²) in [5, 5.41) is 11.5. The summed E-state index contributed by atoms with van der Waals surface area (Å²) in [6.45, 7) is 4.16. The number of ether oxygens (including phenoxy) is 1. The lowest BCUT2D eigenvalue weighted by molar-refractivity contribution is 0.312. The van der Waals surface area contributed by atoms with Gasteiger partial charge in [-0.05, 0) is 25.2 Å². The van der Waals surface area contributed by atoms with Crippen molar-refractivity contribution in [3.63, 3.8) is 0 Å². The first-order valence-corrected chi connectivity index (χ1v) is 11.8. The van der Waals surface area contributed by atoms with Crippen molar-refractivity contribution in [3.8, 4) is 17.0 Å². The molecule has 1 aliphatic rings. The quantitative estimate of drug-likeness (QED) is 0.405. The van der Waals surface area contributed by atoms with E-state index >= 15 is 0 Å². The monoisotopic (exact) mass is 469 g/mol. The lowest BCUT2D eigenvalue weighted by Crippen LogP contribution is -2.44.